The summed E-state index contributed by atoms with van der Waals surface area (Å²) in [5.74, 6) is -0.845. The van der Waals surface area contributed by atoms with Crippen molar-refractivity contribution >= 4 is 23.4 Å². The van der Waals surface area contributed by atoms with Crippen molar-refractivity contribution < 1.29 is 18.8 Å². The maximum absolute atomic E-state index is 13.6. The number of hydrogen-bond donors (Lipinski definition) is 1. The molecule has 2 aliphatic heterocycles. The molecule has 6 nitrogen and oxygen atoms in total. The van der Waals surface area contributed by atoms with E-state index in [-0.39, 0.29) is 36.4 Å². The van der Waals surface area contributed by atoms with Gasteiger partial charge in [-0.05, 0) is 35.7 Å². The van der Waals surface area contributed by atoms with Crippen molar-refractivity contribution in [2.75, 3.05) is 26.0 Å². The van der Waals surface area contributed by atoms with Crippen LogP contribution in [-0.4, -0.2) is 48.2 Å². The van der Waals surface area contributed by atoms with Crippen LogP contribution in [-0.2, 0) is 19.8 Å². The zero-order valence-electron chi connectivity index (χ0n) is 17.0. The average molecular weight is 409 g/mol. The molecule has 0 aromatic heterocycles. The second-order valence-electron chi connectivity index (χ2n) is 8.05. The van der Waals surface area contributed by atoms with Crippen LogP contribution in [0.15, 0.2) is 48.5 Å². The fraction of sp³-hybridized carbons (Fsp3) is 0.348. The Morgan fingerprint density at radius 3 is 2.53 bits per heavy atom. The maximum Gasteiger partial charge on any atom is 0.237 e. The lowest BCUT2D eigenvalue weighted by molar-refractivity contribution is -0.137. The first-order valence-electron chi connectivity index (χ1n) is 10.0. The van der Waals surface area contributed by atoms with Crippen molar-refractivity contribution in [2.24, 2.45) is 0 Å². The largest absolute Gasteiger partial charge is 0.349 e. The van der Waals surface area contributed by atoms with E-state index in [0.717, 1.165) is 11.3 Å². The highest BCUT2D eigenvalue weighted by Gasteiger charge is 2.59. The van der Waals surface area contributed by atoms with Crippen LogP contribution in [0.4, 0.5) is 10.1 Å². The van der Waals surface area contributed by atoms with Crippen LogP contribution < -0.4 is 5.32 Å². The van der Waals surface area contributed by atoms with Gasteiger partial charge in [-0.2, -0.15) is 0 Å². The molecule has 7 heteroatoms. The number of fused-ring (bicyclic) bond motifs is 2. The Bertz CT molecular complexity index is 1010. The molecular weight excluding hydrogens is 385 g/mol. The van der Waals surface area contributed by atoms with E-state index in [2.05, 4.69) is 5.32 Å². The molecule has 0 radical (unpaired) electrons. The summed E-state index contributed by atoms with van der Waals surface area (Å²) in [6.45, 7) is 0.388. The summed E-state index contributed by atoms with van der Waals surface area (Å²) in [6, 6.07) is 12.9. The normalized spacial score (nSPS) is 22.2. The molecule has 2 aromatic carbocycles. The second kappa shape index (κ2) is 7.55. The molecule has 2 aliphatic rings. The minimum atomic E-state index is -0.935. The van der Waals surface area contributed by atoms with Crippen molar-refractivity contribution in [2.45, 2.75) is 30.7 Å². The van der Waals surface area contributed by atoms with Gasteiger partial charge in [0.05, 0.1) is 6.04 Å². The van der Waals surface area contributed by atoms with Crippen molar-refractivity contribution in [3.8, 4) is 0 Å². The summed E-state index contributed by atoms with van der Waals surface area (Å²) in [5, 5.41) is 2.95. The third kappa shape index (κ3) is 3.14. The van der Waals surface area contributed by atoms with E-state index in [0.29, 0.717) is 18.5 Å². The molecule has 1 fully saturated rings. The van der Waals surface area contributed by atoms with E-state index in [9.17, 15) is 18.8 Å². The van der Waals surface area contributed by atoms with Crippen molar-refractivity contribution in [1.82, 2.24) is 9.80 Å². The molecule has 1 saturated heterocycles. The lowest BCUT2D eigenvalue weighted by Gasteiger charge is -2.34. The quantitative estimate of drug-likeness (QED) is 0.844. The summed E-state index contributed by atoms with van der Waals surface area (Å²) in [5.41, 5.74) is 1.36. The molecule has 2 aromatic rings. The summed E-state index contributed by atoms with van der Waals surface area (Å²) in [4.78, 5) is 41.5. The fourth-order valence-electron chi connectivity index (χ4n) is 4.64. The van der Waals surface area contributed by atoms with Gasteiger partial charge in [-0.3, -0.25) is 14.4 Å². The zero-order chi connectivity index (χ0) is 21.5. The van der Waals surface area contributed by atoms with Crippen molar-refractivity contribution in [1.29, 1.82) is 0 Å². The van der Waals surface area contributed by atoms with Crippen molar-refractivity contribution in [3.63, 3.8) is 0 Å². The van der Waals surface area contributed by atoms with E-state index in [1.165, 1.54) is 17.0 Å². The predicted octanol–water partition coefficient (Wildman–Crippen LogP) is 2.86. The highest BCUT2D eigenvalue weighted by molar-refractivity contribution is 6.07. The number of likely N-dealkylation sites (tertiary alicyclic amines) is 1. The Morgan fingerprint density at radius 1 is 1.13 bits per heavy atom. The molecule has 0 aliphatic carbocycles. The minimum Gasteiger partial charge on any atom is -0.349 e. The second-order valence-corrected chi connectivity index (χ2v) is 8.05. The topological polar surface area (TPSA) is 69.7 Å². The van der Waals surface area contributed by atoms with Crippen LogP contribution in [0.2, 0.25) is 0 Å². The number of rotatable bonds is 4. The molecule has 30 heavy (non-hydrogen) atoms. The van der Waals surface area contributed by atoms with Crippen LogP contribution in [0, 0.1) is 5.82 Å². The number of hydrogen-bond acceptors (Lipinski definition) is 3. The summed E-state index contributed by atoms with van der Waals surface area (Å²) in [7, 11) is 3.30. The monoisotopic (exact) mass is 409 g/mol. The molecule has 0 bridgehead atoms. The number of nitrogens with one attached hydrogen (secondary N) is 1. The molecule has 4 rings (SSSR count). The number of amides is 3. The number of carbonyl (C=O) groups excluding carboxylic acids is 3. The molecule has 2 heterocycles. The highest BCUT2D eigenvalue weighted by atomic mass is 19.1. The van der Waals surface area contributed by atoms with Gasteiger partial charge in [-0.15, -0.1) is 0 Å². The summed E-state index contributed by atoms with van der Waals surface area (Å²) >= 11 is 0. The van der Waals surface area contributed by atoms with E-state index < -0.39 is 11.5 Å². The van der Waals surface area contributed by atoms with Gasteiger partial charge in [0.1, 0.15) is 11.2 Å². The van der Waals surface area contributed by atoms with E-state index >= 15 is 0 Å². The Hall–Kier alpha value is -3.22. The number of anilines is 1. The third-order valence-corrected chi connectivity index (χ3v) is 6.14. The van der Waals surface area contributed by atoms with E-state index in [4.69, 9.17) is 0 Å². The number of halogens is 1. The lowest BCUT2D eigenvalue weighted by atomic mass is 9.72. The molecule has 1 spiro atoms. The van der Waals surface area contributed by atoms with Crippen LogP contribution in [0.3, 0.4) is 0 Å². The SMILES string of the molecule is CN(C)C(=O)CCC(=O)N1CC[C@]2(C(=O)Nc3ccccc32)[C@@H]1c1ccc(F)cc1. The molecule has 1 N–H and O–H groups in total. The first-order valence-corrected chi connectivity index (χ1v) is 10.0. The molecule has 0 saturated carbocycles. The first-order chi connectivity index (χ1) is 14.3. The van der Waals surface area contributed by atoms with Gasteiger partial charge in [0.15, 0.2) is 0 Å². The third-order valence-electron chi connectivity index (χ3n) is 6.14. The lowest BCUT2D eigenvalue weighted by Crippen LogP contribution is -2.42. The Morgan fingerprint density at radius 2 is 1.83 bits per heavy atom. The number of para-hydroxylation sites is 1. The Kier molecular flexibility index (Phi) is 5.05. The molecule has 156 valence electrons. The number of benzene rings is 2. The maximum atomic E-state index is 13.6. The zero-order valence-corrected chi connectivity index (χ0v) is 17.0. The summed E-state index contributed by atoms with van der Waals surface area (Å²) < 4.78 is 13.6. The van der Waals surface area contributed by atoms with Crippen LogP contribution >= 0.6 is 0 Å². The van der Waals surface area contributed by atoms with Gasteiger partial charge < -0.3 is 15.1 Å². The van der Waals surface area contributed by atoms with E-state index in [1.54, 1.807) is 31.1 Å². The molecule has 0 unspecified atom stereocenters. The molecular formula is C23H24FN3O3. The summed E-state index contributed by atoms with van der Waals surface area (Å²) in [6.07, 6.45) is 0.633. The smallest absolute Gasteiger partial charge is 0.237 e. The van der Waals surface area contributed by atoms with Gasteiger partial charge in [0.2, 0.25) is 17.7 Å². The average Bonchev–Trinajstić information content (AvgIpc) is 3.26. The molecule has 3 amide bonds. The van der Waals surface area contributed by atoms with Crippen LogP contribution in [0.25, 0.3) is 0 Å². The predicted molar refractivity (Wildman–Crippen MR) is 110 cm³/mol. The van der Waals surface area contributed by atoms with Crippen LogP contribution in [0.1, 0.15) is 36.4 Å². The number of nitrogens with zero attached hydrogens (tertiary/aromatic N) is 2. The molecule has 2 atom stereocenters. The van der Waals surface area contributed by atoms with Gasteiger partial charge >= 0.3 is 0 Å². The van der Waals surface area contributed by atoms with Gasteiger partial charge in [0, 0.05) is 39.2 Å². The standard InChI is InChI=1S/C23H24FN3O3/c1-26(2)19(28)11-12-20(29)27-14-13-23(21(27)15-7-9-16(24)10-8-15)17-5-3-4-6-18(17)25-22(23)30/h3-10,21H,11-14H2,1-2H3,(H,25,30)/t21-,23+/m0/s1. The van der Waals surface area contributed by atoms with Crippen molar-refractivity contribution in [3.05, 3.63) is 65.5 Å². The van der Waals surface area contributed by atoms with Gasteiger partial charge in [-0.1, -0.05) is 30.3 Å². The van der Waals surface area contributed by atoms with Gasteiger partial charge in [-0.25, -0.2) is 4.39 Å². The Labute approximate surface area is 174 Å². The first kappa shape index (κ1) is 20.1. The Balaban J connectivity index is 1.74. The number of carbonyl (C=O) groups is 3. The fourth-order valence-corrected chi connectivity index (χ4v) is 4.64. The minimum absolute atomic E-state index is 0.0635. The highest BCUT2D eigenvalue weighted by Crippen LogP contribution is 2.54. The van der Waals surface area contributed by atoms with E-state index in [1.807, 2.05) is 24.3 Å². The van der Waals surface area contributed by atoms with Gasteiger partial charge in [0.25, 0.3) is 0 Å². The van der Waals surface area contributed by atoms with Crippen LogP contribution in [0.5, 0.6) is 0 Å².